The maximum atomic E-state index is 12.9. The minimum absolute atomic E-state index is 0.0511. The Kier molecular flexibility index (Phi) is 12.0. The van der Waals surface area contributed by atoms with Gasteiger partial charge in [0.15, 0.2) is 5.82 Å². The van der Waals surface area contributed by atoms with Gasteiger partial charge < -0.3 is 25.0 Å². The molecule has 6 heterocycles. The SMILES string of the molecule is Cc1cc(-c2ccnc(Nc3ccc(N4CCN(CC5CCN(c6ccc(N7CCC(=O)NC7=O)cc6)CC5)CC4)cn3)n2)ccc1[C@@H](C)NC(=O)c1nc(C(C)(C)C)no1. The number of imide groups is 1. The van der Waals surface area contributed by atoms with Crippen molar-refractivity contribution in [3.05, 3.63) is 95.9 Å². The lowest BCUT2D eigenvalue weighted by molar-refractivity contribution is -0.120. The Morgan fingerprint density at radius 2 is 1.59 bits per heavy atom. The molecule has 0 radical (unpaired) electrons. The zero-order valence-corrected chi connectivity index (χ0v) is 35.5. The van der Waals surface area contributed by atoms with Crippen LogP contribution >= 0.6 is 0 Å². The van der Waals surface area contributed by atoms with Gasteiger partial charge in [0.25, 0.3) is 0 Å². The molecule has 3 N–H and O–H groups in total. The molecule has 1 atom stereocenters. The van der Waals surface area contributed by atoms with E-state index in [2.05, 4.69) is 70.0 Å². The van der Waals surface area contributed by atoms with Crippen molar-refractivity contribution in [1.82, 2.24) is 40.6 Å². The number of urea groups is 1. The Balaban J connectivity index is 0.782. The second-order valence-electron chi connectivity index (χ2n) is 17.2. The first-order valence-corrected chi connectivity index (χ1v) is 21.1. The van der Waals surface area contributed by atoms with Gasteiger partial charge in [0.1, 0.15) is 5.82 Å². The Labute approximate surface area is 356 Å². The van der Waals surface area contributed by atoms with Crippen molar-refractivity contribution in [2.45, 2.75) is 65.3 Å². The van der Waals surface area contributed by atoms with Crippen LogP contribution in [-0.4, -0.2) is 100 Å². The summed E-state index contributed by atoms with van der Waals surface area (Å²) in [5.74, 6) is 1.59. The number of anilines is 5. The van der Waals surface area contributed by atoms with Crippen LogP contribution in [0.25, 0.3) is 11.3 Å². The molecule has 3 aliphatic rings. The van der Waals surface area contributed by atoms with E-state index < -0.39 is 5.91 Å². The normalized spacial score (nSPS) is 17.3. The zero-order valence-electron chi connectivity index (χ0n) is 35.5. The summed E-state index contributed by atoms with van der Waals surface area (Å²) >= 11 is 0. The van der Waals surface area contributed by atoms with Gasteiger partial charge in [0.05, 0.1) is 23.6 Å². The standard InChI is InChI=1S/C45H54N12O4/c1-29-26-32(6-12-36(29)30(2)48-40(59)41-52-42(53-61-41)45(3,4)5)37-14-18-46-43(49-37)50-38-13-11-35(27-47-38)56-24-22-54(23-25-56)28-31-15-19-55(20-16-31)33-7-9-34(10-8-33)57-21-17-39(58)51-44(57)60/h6-14,18,26-27,30-31H,15-17,19-25,28H2,1-5H3,(H,48,59)(H,51,58,60)(H,46,47,49,50)/t30-/m1/s1. The largest absolute Gasteiger partial charge is 0.372 e. The van der Waals surface area contributed by atoms with Crippen molar-refractivity contribution >= 4 is 46.7 Å². The lowest BCUT2D eigenvalue weighted by Gasteiger charge is -2.40. The third-order valence-corrected chi connectivity index (χ3v) is 11.8. The van der Waals surface area contributed by atoms with E-state index in [-0.39, 0.29) is 29.3 Å². The number of hydrogen-bond donors (Lipinski definition) is 3. The summed E-state index contributed by atoms with van der Waals surface area (Å²) < 4.78 is 5.22. The Morgan fingerprint density at radius 1 is 0.869 bits per heavy atom. The number of carbonyl (C=O) groups is 3. The Hall–Kier alpha value is -6.42. The highest BCUT2D eigenvalue weighted by atomic mass is 16.5. The monoisotopic (exact) mass is 826 g/mol. The second kappa shape index (κ2) is 17.7. The Morgan fingerprint density at radius 3 is 2.26 bits per heavy atom. The van der Waals surface area contributed by atoms with Crippen LogP contribution < -0.4 is 30.7 Å². The minimum Gasteiger partial charge on any atom is -0.372 e. The maximum absolute atomic E-state index is 12.9. The van der Waals surface area contributed by atoms with E-state index in [1.165, 1.54) is 5.69 Å². The molecule has 3 fully saturated rings. The number of nitrogens with zero attached hydrogens (tertiary/aromatic N) is 9. The number of benzene rings is 2. The summed E-state index contributed by atoms with van der Waals surface area (Å²) in [6.45, 7) is 17.3. The predicted molar refractivity (Wildman–Crippen MR) is 234 cm³/mol. The van der Waals surface area contributed by atoms with Crippen LogP contribution in [0.4, 0.5) is 33.6 Å². The summed E-state index contributed by atoms with van der Waals surface area (Å²) in [6.07, 6.45) is 6.27. The molecule has 0 saturated carbocycles. The molecule has 0 bridgehead atoms. The summed E-state index contributed by atoms with van der Waals surface area (Å²) in [7, 11) is 0. The average molecular weight is 827 g/mol. The molecule has 3 aliphatic heterocycles. The molecule has 2 aromatic carbocycles. The number of amides is 4. The predicted octanol–water partition coefficient (Wildman–Crippen LogP) is 6.25. The van der Waals surface area contributed by atoms with Crippen molar-refractivity contribution in [3.63, 3.8) is 0 Å². The quantitative estimate of drug-likeness (QED) is 0.136. The van der Waals surface area contributed by atoms with Crippen LogP contribution in [0.2, 0.25) is 0 Å². The van der Waals surface area contributed by atoms with Gasteiger partial charge in [0, 0.05) is 87.3 Å². The highest BCUT2D eigenvalue weighted by molar-refractivity contribution is 6.05. The molecule has 5 aromatic rings. The van der Waals surface area contributed by atoms with Crippen LogP contribution in [-0.2, 0) is 10.2 Å². The first kappa shape index (κ1) is 41.3. The number of pyridine rings is 1. The molecule has 318 valence electrons. The number of nitrogens with one attached hydrogen (secondary N) is 3. The first-order valence-electron chi connectivity index (χ1n) is 21.1. The lowest BCUT2D eigenvalue weighted by Crippen LogP contribution is -2.49. The molecule has 8 rings (SSSR count). The molecule has 0 unspecified atom stereocenters. The molecule has 0 aliphatic carbocycles. The molecule has 3 saturated heterocycles. The van der Waals surface area contributed by atoms with Gasteiger partial charge in [-0.15, -0.1) is 0 Å². The minimum atomic E-state index is -0.413. The number of rotatable bonds is 11. The third kappa shape index (κ3) is 9.80. The van der Waals surface area contributed by atoms with Crippen LogP contribution in [0, 0.1) is 12.8 Å². The van der Waals surface area contributed by atoms with Gasteiger partial charge >= 0.3 is 17.8 Å². The zero-order chi connectivity index (χ0) is 42.7. The van der Waals surface area contributed by atoms with E-state index in [9.17, 15) is 14.4 Å². The summed E-state index contributed by atoms with van der Waals surface area (Å²) in [4.78, 5) is 63.9. The van der Waals surface area contributed by atoms with Crippen LogP contribution in [0.1, 0.15) is 80.6 Å². The van der Waals surface area contributed by atoms with Gasteiger partial charge in [-0.3, -0.25) is 24.7 Å². The fraction of sp³-hybridized carbons (Fsp3) is 0.422. The van der Waals surface area contributed by atoms with Crippen molar-refractivity contribution in [3.8, 4) is 11.3 Å². The fourth-order valence-corrected chi connectivity index (χ4v) is 8.20. The number of carbonyl (C=O) groups excluding carboxylic acids is 3. The van der Waals surface area contributed by atoms with Gasteiger partial charge in [-0.25, -0.2) is 19.7 Å². The van der Waals surface area contributed by atoms with Crippen LogP contribution in [0.15, 0.2) is 77.6 Å². The fourth-order valence-electron chi connectivity index (χ4n) is 8.20. The molecule has 4 amide bonds. The van der Waals surface area contributed by atoms with E-state index >= 15 is 0 Å². The third-order valence-electron chi connectivity index (χ3n) is 11.8. The highest BCUT2D eigenvalue weighted by Gasteiger charge is 2.28. The van der Waals surface area contributed by atoms with Gasteiger partial charge in [0.2, 0.25) is 11.9 Å². The van der Waals surface area contributed by atoms with E-state index in [1.807, 2.05) is 77.2 Å². The van der Waals surface area contributed by atoms with Crippen molar-refractivity contribution in [2.75, 3.05) is 72.4 Å². The first-order chi connectivity index (χ1) is 29.4. The molecule has 0 spiro atoms. The van der Waals surface area contributed by atoms with Crippen molar-refractivity contribution in [1.29, 1.82) is 0 Å². The second-order valence-corrected chi connectivity index (χ2v) is 17.2. The summed E-state index contributed by atoms with van der Waals surface area (Å²) in [6, 6.07) is 19.5. The number of aryl methyl sites for hydroxylation is 1. The molecule has 3 aromatic heterocycles. The topological polar surface area (TPSA) is 178 Å². The molecular formula is C45H54N12O4. The molecule has 16 heteroatoms. The smallest absolute Gasteiger partial charge is 0.328 e. The Bertz CT molecular complexity index is 2340. The molecule has 16 nitrogen and oxygen atoms in total. The maximum Gasteiger partial charge on any atom is 0.328 e. The van der Waals surface area contributed by atoms with Crippen molar-refractivity contribution in [2.24, 2.45) is 5.92 Å². The summed E-state index contributed by atoms with van der Waals surface area (Å²) in [5, 5.41) is 12.6. The number of piperazine rings is 1. The number of aromatic nitrogens is 5. The van der Waals surface area contributed by atoms with E-state index in [0.29, 0.717) is 36.5 Å². The number of hydrogen-bond acceptors (Lipinski definition) is 13. The van der Waals surface area contributed by atoms with E-state index in [0.717, 1.165) is 92.4 Å². The van der Waals surface area contributed by atoms with E-state index in [4.69, 9.17) is 14.5 Å². The molecular weight excluding hydrogens is 773 g/mol. The van der Waals surface area contributed by atoms with Crippen LogP contribution in [0.3, 0.4) is 0 Å². The van der Waals surface area contributed by atoms with Gasteiger partial charge in [-0.2, -0.15) is 4.98 Å². The van der Waals surface area contributed by atoms with Gasteiger partial charge in [-0.1, -0.05) is 38.1 Å². The van der Waals surface area contributed by atoms with Gasteiger partial charge in [-0.05, 0) is 92.3 Å². The average Bonchev–Trinajstić information content (AvgIpc) is 3.77. The molecule has 61 heavy (non-hydrogen) atoms. The summed E-state index contributed by atoms with van der Waals surface area (Å²) in [5.41, 5.74) is 6.43. The lowest BCUT2D eigenvalue weighted by atomic mass is 9.95. The van der Waals surface area contributed by atoms with Crippen LogP contribution in [0.5, 0.6) is 0 Å². The van der Waals surface area contributed by atoms with E-state index in [1.54, 1.807) is 11.1 Å². The number of piperidine rings is 1. The highest BCUT2D eigenvalue weighted by Crippen LogP contribution is 2.29. The van der Waals surface area contributed by atoms with Crippen molar-refractivity contribution < 1.29 is 18.9 Å².